The zero-order valence-corrected chi connectivity index (χ0v) is 10.3. The van der Waals surface area contributed by atoms with Crippen LogP contribution in [0.4, 0.5) is 0 Å². The van der Waals surface area contributed by atoms with E-state index >= 15 is 0 Å². The Bertz CT molecular complexity index is 504. The van der Waals surface area contributed by atoms with Crippen molar-refractivity contribution in [2.45, 2.75) is 6.04 Å². The van der Waals surface area contributed by atoms with E-state index in [4.69, 9.17) is 29.0 Å². The van der Waals surface area contributed by atoms with Gasteiger partial charge in [-0.3, -0.25) is 5.84 Å². The summed E-state index contributed by atoms with van der Waals surface area (Å²) in [6, 6.07) is 6.78. The molecule has 4 nitrogen and oxygen atoms in total. The Morgan fingerprint density at radius 3 is 2.65 bits per heavy atom. The summed E-state index contributed by atoms with van der Waals surface area (Å²) in [5.41, 5.74) is 4.36. The number of halogens is 2. The molecule has 1 unspecified atom stereocenters. The minimum Gasteiger partial charge on any atom is -0.271 e. The van der Waals surface area contributed by atoms with E-state index < -0.39 is 0 Å². The van der Waals surface area contributed by atoms with Crippen molar-refractivity contribution in [3.8, 4) is 0 Å². The summed E-state index contributed by atoms with van der Waals surface area (Å²) in [6.07, 6.45) is 3.22. The Hall–Kier alpha value is -1.20. The van der Waals surface area contributed by atoms with Crippen LogP contribution in [-0.2, 0) is 0 Å². The van der Waals surface area contributed by atoms with E-state index in [-0.39, 0.29) is 6.04 Å². The van der Waals surface area contributed by atoms with E-state index in [1.54, 1.807) is 30.6 Å². The van der Waals surface area contributed by atoms with Crippen molar-refractivity contribution in [2.24, 2.45) is 5.84 Å². The second-order valence-electron chi connectivity index (χ2n) is 3.44. The lowest BCUT2D eigenvalue weighted by atomic mass is 10.0. The number of rotatable bonds is 3. The Kier molecular flexibility index (Phi) is 3.91. The van der Waals surface area contributed by atoms with Gasteiger partial charge >= 0.3 is 0 Å². The molecule has 0 saturated heterocycles. The lowest BCUT2D eigenvalue weighted by molar-refractivity contribution is 0.632. The first-order chi connectivity index (χ1) is 8.22. The first kappa shape index (κ1) is 12.3. The lowest BCUT2D eigenvalue weighted by Gasteiger charge is -2.17. The summed E-state index contributed by atoms with van der Waals surface area (Å²) in [7, 11) is 0. The van der Waals surface area contributed by atoms with Gasteiger partial charge in [0, 0.05) is 16.2 Å². The molecule has 0 aliphatic rings. The molecule has 88 valence electrons. The van der Waals surface area contributed by atoms with E-state index in [9.17, 15) is 0 Å². The SMILES string of the molecule is NNC(c1ccnnc1)c1cc(Cl)ccc1Cl. The highest BCUT2D eigenvalue weighted by molar-refractivity contribution is 6.33. The number of benzene rings is 1. The Balaban J connectivity index is 2.46. The average Bonchev–Trinajstić information content (AvgIpc) is 2.36. The second-order valence-corrected chi connectivity index (χ2v) is 4.28. The molecule has 0 radical (unpaired) electrons. The number of nitrogens with two attached hydrogens (primary N) is 1. The molecular formula is C11H10Cl2N4. The average molecular weight is 269 g/mol. The molecule has 0 aliphatic heterocycles. The molecule has 6 heteroatoms. The summed E-state index contributed by atoms with van der Waals surface area (Å²) in [5, 5.41) is 8.72. The molecule has 0 spiro atoms. The molecule has 0 saturated carbocycles. The number of hydrazine groups is 1. The van der Waals surface area contributed by atoms with E-state index in [1.165, 1.54) is 0 Å². The summed E-state index contributed by atoms with van der Waals surface area (Å²) in [6.45, 7) is 0. The monoisotopic (exact) mass is 268 g/mol. The lowest BCUT2D eigenvalue weighted by Crippen LogP contribution is -2.29. The molecule has 3 N–H and O–H groups in total. The smallest absolute Gasteiger partial charge is 0.0741 e. The zero-order valence-electron chi connectivity index (χ0n) is 8.77. The van der Waals surface area contributed by atoms with Crippen LogP contribution in [0.5, 0.6) is 0 Å². The van der Waals surface area contributed by atoms with Crippen LogP contribution in [0, 0.1) is 0 Å². The highest BCUT2D eigenvalue weighted by atomic mass is 35.5. The predicted octanol–water partition coefficient (Wildman–Crippen LogP) is 2.34. The maximum atomic E-state index is 6.13. The fraction of sp³-hybridized carbons (Fsp3) is 0.0909. The van der Waals surface area contributed by atoms with Crippen molar-refractivity contribution in [1.29, 1.82) is 0 Å². The highest BCUT2D eigenvalue weighted by Crippen LogP contribution is 2.29. The third-order valence-corrected chi connectivity index (χ3v) is 2.96. The van der Waals surface area contributed by atoms with Crippen LogP contribution in [0.1, 0.15) is 17.2 Å². The molecule has 0 amide bonds. The van der Waals surface area contributed by atoms with Crippen molar-refractivity contribution >= 4 is 23.2 Å². The first-order valence-corrected chi connectivity index (χ1v) is 5.65. The molecular weight excluding hydrogens is 259 g/mol. The van der Waals surface area contributed by atoms with Crippen molar-refractivity contribution in [3.63, 3.8) is 0 Å². The number of nitrogens with zero attached hydrogens (tertiary/aromatic N) is 2. The van der Waals surface area contributed by atoms with Crippen molar-refractivity contribution in [3.05, 3.63) is 57.8 Å². The molecule has 0 aliphatic carbocycles. The number of nitrogens with one attached hydrogen (secondary N) is 1. The van der Waals surface area contributed by atoms with Gasteiger partial charge in [-0.05, 0) is 35.4 Å². The molecule has 1 atom stereocenters. The van der Waals surface area contributed by atoms with Gasteiger partial charge in [0.15, 0.2) is 0 Å². The Labute approximate surface area is 109 Å². The third kappa shape index (κ3) is 2.73. The first-order valence-electron chi connectivity index (χ1n) is 4.90. The molecule has 2 aromatic rings. The molecule has 1 heterocycles. The van der Waals surface area contributed by atoms with Gasteiger partial charge in [0.1, 0.15) is 0 Å². The van der Waals surface area contributed by atoms with Gasteiger partial charge in [-0.25, -0.2) is 5.43 Å². The minimum absolute atomic E-state index is 0.267. The van der Waals surface area contributed by atoms with E-state index in [1.807, 2.05) is 6.07 Å². The molecule has 1 aromatic carbocycles. The Morgan fingerprint density at radius 1 is 1.18 bits per heavy atom. The molecule has 0 bridgehead atoms. The predicted molar refractivity (Wildman–Crippen MR) is 67.7 cm³/mol. The van der Waals surface area contributed by atoms with Gasteiger partial charge in [0.2, 0.25) is 0 Å². The van der Waals surface area contributed by atoms with Crippen LogP contribution in [0.25, 0.3) is 0 Å². The van der Waals surface area contributed by atoms with Gasteiger partial charge in [-0.1, -0.05) is 23.2 Å². The van der Waals surface area contributed by atoms with E-state index in [0.717, 1.165) is 11.1 Å². The van der Waals surface area contributed by atoms with Crippen LogP contribution < -0.4 is 11.3 Å². The normalized spacial score (nSPS) is 12.4. The minimum atomic E-state index is -0.267. The number of hydrogen-bond donors (Lipinski definition) is 2. The summed E-state index contributed by atoms with van der Waals surface area (Å²) < 4.78 is 0. The van der Waals surface area contributed by atoms with Crippen LogP contribution in [0.15, 0.2) is 36.7 Å². The maximum absolute atomic E-state index is 6.13. The second kappa shape index (κ2) is 5.42. The number of hydrogen-bond acceptors (Lipinski definition) is 4. The largest absolute Gasteiger partial charge is 0.271 e. The number of aromatic nitrogens is 2. The van der Waals surface area contributed by atoms with Gasteiger partial charge in [-0.2, -0.15) is 10.2 Å². The summed E-state index contributed by atoms with van der Waals surface area (Å²) >= 11 is 12.1. The maximum Gasteiger partial charge on any atom is 0.0741 e. The van der Waals surface area contributed by atoms with Crippen molar-refractivity contribution < 1.29 is 0 Å². The standard InChI is InChI=1S/C11H10Cl2N4/c12-8-1-2-10(13)9(5-8)11(17-14)7-3-4-15-16-6-7/h1-6,11,17H,14H2. The molecule has 0 fully saturated rings. The molecule has 17 heavy (non-hydrogen) atoms. The van der Waals surface area contributed by atoms with Crippen molar-refractivity contribution in [2.75, 3.05) is 0 Å². The van der Waals surface area contributed by atoms with Gasteiger partial charge < -0.3 is 0 Å². The van der Waals surface area contributed by atoms with E-state index in [0.29, 0.717) is 10.0 Å². The Morgan fingerprint density at radius 2 is 2.00 bits per heavy atom. The summed E-state index contributed by atoms with van der Waals surface area (Å²) in [5.74, 6) is 5.56. The van der Waals surface area contributed by atoms with Crippen LogP contribution in [-0.4, -0.2) is 10.2 Å². The molecule has 2 rings (SSSR count). The van der Waals surface area contributed by atoms with Gasteiger partial charge in [0.05, 0.1) is 12.2 Å². The fourth-order valence-electron chi connectivity index (χ4n) is 1.57. The van der Waals surface area contributed by atoms with Crippen LogP contribution in [0.2, 0.25) is 10.0 Å². The third-order valence-electron chi connectivity index (χ3n) is 2.38. The van der Waals surface area contributed by atoms with Crippen LogP contribution in [0.3, 0.4) is 0 Å². The van der Waals surface area contributed by atoms with Gasteiger partial charge in [0.25, 0.3) is 0 Å². The fourth-order valence-corrected chi connectivity index (χ4v) is 1.98. The topological polar surface area (TPSA) is 63.8 Å². The van der Waals surface area contributed by atoms with Crippen molar-refractivity contribution in [1.82, 2.24) is 15.6 Å². The van der Waals surface area contributed by atoms with Gasteiger partial charge in [-0.15, -0.1) is 0 Å². The summed E-state index contributed by atoms with van der Waals surface area (Å²) in [4.78, 5) is 0. The van der Waals surface area contributed by atoms with E-state index in [2.05, 4.69) is 15.6 Å². The van der Waals surface area contributed by atoms with Crippen LogP contribution >= 0.6 is 23.2 Å². The quantitative estimate of drug-likeness (QED) is 0.663. The zero-order chi connectivity index (χ0) is 12.3. The highest BCUT2D eigenvalue weighted by Gasteiger charge is 2.16. The molecule has 1 aromatic heterocycles.